The number of rotatable bonds is 6. The Morgan fingerprint density at radius 3 is 2.44 bits per heavy atom. The summed E-state index contributed by atoms with van der Waals surface area (Å²) in [5, 5.41) is 10.9. The van der Waals surface area contributed by atoms with E-state index in [1.54, 1.807) is 0 Å². The number of fused-ring (bicyclic) bond motifs is 1. The lowest BCUT2D eigenvalue weighted by molar-refractivity contribution is 0.201. The van der Waals surface area contributed by atoms with Crippen molar-refractivity contribution in [2.24, 2.45) is 0 Å². The fraction of sp³-hybridized carbons (Fsp3) is 0.174. The van der Waals surface area contributed by atoms with E-state index in [0.717, 1.165) is 27.9 Å². The first kappa shape index (κ1) is 17.3. The lowest BCUT2D eigenvalue weighted by atomic mass is 10.1. The molecule has 1 atom stereocenters. The van der Waals surface area contributed by atoms with Gasteiger partial charge in [-0.2, -0.15) is 0 Å². The third-order valence-corrected chi connectivity index (χ3v) is 4.71. The van der Waals surface area contributed by atoms with Crippen LogP contribution >= 0.6 is 0 Å². The van der Waals surface area contributed by atoms with Crippen molar-refractivity contribution < 1.29 is 9.84 Å². The molecule has 0 bridgehead atoms. The molecule has 0 spiro atoms. The van der Waals surface area contributed by atoms with Gasteiger partial charge in [0.05, 0.1) is 17.6 Å². The monoisotopic (exact) mass is 358 g/mol. The Balaban J connectivity index is 1.63. The second-order valence-corrected chi connectivity index (χ2v) is 6.54. The highest BCUT2D eigenvalue weighted by atomic mass is 16.5. The van der Waals surface area contributed by atoms with Crippen LogP contribution in [0.2, 0.25) is 0 Å². The fourth-order valence-corrected chi connectivity index (χ4v) is 3.29. The van der Waals surface area contributed by atoms with Gasteiger partial charge in [0.25, 0.3) is 0 Å². The zero-order valence-electron chi connectivity index (χ0n) is 15.2. The van der Waals surface area contributed by atoms with Gasteiger partial charge >= 0.3 is 0 Å². The summed E-state index contributed by atoms with van der Waals surface area (Å²) in [5.74, 6) is 1.52. The van der Waals surface area contributed by atoms with E-state index in [-0.39, 0.29) is 0 Å². The maximum Gasteiger partial charge on any atom is 0.143 e. The minimum absolute atomic E-state index is 0.500. The molecule has 0 radical (unpaired) electrons. The summed E-state index contributed by atoms with van der Waals surface area (Å²) in [4.78, 5) is 4.69. The van der Waals surface area contributed by atoms with Crippen molar-refractivity contribution in [2.75, 3.05) is 6.61 Å². The van der Waals surface area contributed by atoms with Crippen LogP contribution in [0, 0.1) is 6.92 Å². The van der Waals surface area contributed by atoms with Crippen molar-refractivity contribution in [3.05, 3.63) is 95.8 Å². The van der Waals surface area contributed by atoms with Gasteiger partial charge in [-0.15, -0.1) is 0 Å². The smallest absolute Gasteiger partial charge is 0.143 e. The van der Waals surface area contributed by atoms with Gasteiger partial charge in [-0.25, -0.2) is 4.98 Å². The average Bonchev–Trinajstić information content (AvgIpc) is 3.08. The molecule has 0 saturated carbocycles. The first-order valence-electron chi connectivity index (χ1n) is 9.10. The summed E-state index contributed by atoms with van der Waals surface area (Å²) in [6.07, 6.45) is -0.780. The largest absolute Gasteiger partial charge is 0.491 e. The van der Waals surface area contributed by atoms with Crippen LogP contribution in [0.1, 0.15) is 23.1 Å². The van der Waals surface area contributed by atoms with E-state index in [1.807, 2.05) is 90.4 Å². The summed E-state index contributed by atoms with van der Waals surface area (Å²) in [7, 11) is 0. The van der Waals surface area contributed by atoms with Crippen LogP contribution in [0.3, 0.4) is 0 Å². The highest BCUT2D eigenvalue weighted by Crippen LogP contribution is 2.26. The predicted molar refractivity (Wildman–Crippen MR) is 107 cm³/mol. The summed E-state index contributed by atoms with van der Waals surface area (Å²) in [5.41, 5.74) is 3.81. The topological polar surface area (TPSA) is 47.3 Å². The molecule has 1 aromatic heterocycles. The Labute approximate surface area is 158 Å². The molecule has 0 unspecified atom stereocenters. The van der Waals surface area contributed by atoms with Crippen molar-refractivity contribution in [3.8, 4) is 5.75 Å². The molecular weight excluding hydrogens is 336 g/mol. The van der Waals surface area contributed by atoms with Crippen molar-refractivity contribution in [2.45, 2.75) is 19.6 Å². The number of nitrogens with zero attached hydrogens (tertiary/aromatic N) is 2. The molecule has 27 heavy (non-hydrogen) atoms. The Morgan fingerprint density at radius 2 is 1.63 bits per heavy atom. The molecule has 4 nitrogen and oxygen atoms in total. The maximum absolute atomic E-state index is 10.9. The van der Waals surface area contributed by atoms with Gasteiger partial charge in [0, 0.05) is 0 Å². The summed E-state index contributed by atoms with van der Waals surface area (Å²) < 4.78 is 8.02. The van der Waals surface area contributed by atoms with Gasteiger partial charge in [-0.1, -0.05) is 60.7 Å². The number of imidazole rings is 1. The second-order valence-electron chi connectivity index (χ2n) is 6.54. The van der Waals surface area contributed by atoms with Crippen LogP contribution in [0.5, 0.6) is 5.75 Å². The molecule has 136 valence electrons. The van der Waals surface area contributed by atoms with Gasteiger partial charge in [0.15, 0.2) is 0 Å². The molecule has 0 fully saturated rings. The molecule has 0 aliphatic heterocycles. The normalized spacial score (nSPS) is 12.2. The zero-order chi connectivity index (χ0) is 18.6. The van der Waals surface area contributed by atoms with Gasteiger partial charge < -0.3 is 14.4 Å². The second kappa shape index (κ2) is 7.64. The number of aryl methyl sites for hydroxylation is 1. The first-order chi connectivity index (χ1) is 13.2. The van der Waals surface area contributed by atoms with E-state index in [4.69, 9.17) is 4.74 Å². The molecule has 0 aliphatic carbocycles. The predicted octanol–water partition coefficient (Wildman–Crippen LogP) is 4.51. The van der Waals surface area contributed by atoms with Crippen LogP contribution < -0.4 is 4.74 Å². The van der Waals surface area contributed by atoms with E-state index in [1.165, 1.54) is 0 Å². The lowest BCUT2D eigenvalue weighted by Crippen LogP contribution is -2.14. The van der Waals surface area contributed by atoms with Gasteiger partial charge in [0.2, 0.25) is 0 Å². The quantitative estimate of drug-likeness (QED) is 0.552. The van der Waals surface area contributed by atoms with E-state index < -0.39 is 6.10 Å². The SMILES string of the molecule is Cc1ccccc1OCCn1c([C@H](O)c2ccccc2)nc2ccccc21. The fourth-order valence-electron chi connectivity index (χ4n) is 3.29. The maximum atomic E-state index is 10.9. The number of para-hydroxylation sites is 3. The Kier molecular flexibility index (Phi) is 4.90. The minimum Gasteiger partial charge on any atom is -0.491 e. The van der Waals surface area contributed by atoms with Gasteiger partial charge in [-0.05, 0) is 36.2 Å². The molecule has 4 aromatic rings. The van der Waals surface area contributed by atoms with Crippen molar-refractivity contribution in [1.29, 1.82) is 0 Å². The van der Waals surface area contributed by atoms with E-state index >= 15 is 0 Å². The minimum atomic E-state index is -0.780. The number of hydrogen-bond acceptors (Lipinski definition) is 3. The van der Waals surface area contributed by atoms with E-state index in [9.17, 15) is 5.11 Å². The third kappa shape index (κ3) is 3.57. The number of aromatic nitrogens is 2. The average molecular weight is 358 g/mol. The molecule has 1 heterocycles. The van der Waals surface area contributed by atoms with Crippen molar-refractivity contribution in [3.63, 3.8) is 0 Å². The molecule has 1 N–H and O–H groups in total. The van der Waals surface area contributed by atoms with Crippen LogP contribution in [-0.2, 0) is 6.54 Å². The van der Waals surface area contributed by atoms with Crippen LogP contribution in [0.25, 0.3) is 11.0 Å². The van der Waals surface area contributed by atoms with Gasteiger partial charge in [-0.3, -0.25) is 0 Å². The number of aliphatic hydroxyl groups is 1. The molecule has 0 amide bonds. The van der Waals surface area contributed by atoms with Crippen LogP contribution in [0.4, 0.5) is 0 Å². The van der Waals surface area contributed by atoms with Crippen molar-refractivity contribution >= 4 is 11.0 Å². The molecule has 0 saturated heterocycles. The molecule has 0 aliphatic rings. The third-order valence-electron chi connectivity index (χ3n) is 4.71. The number of ether oxygens (including phenoxy) is 1. The van der Waals surface area contributed by atoms with Gasteiger partial charge in [0.1, 0.15) is 24.3 Å². The number of benzene rings is 3. The van der Waals surface area contributed by atoms with Crippen LogP contribution in [-0.4, -0.2) is 21.3 Å². The summed E-state index contributed by atoms with van der Waals surface area (Å²) in [6, 6.07) is 25.5. The highest BCUT2D eigenvalue weighted by Gasteiger charge is 2.19. The Bertz CT molecular complexity index is 1040. The van der Waals surface area contributed by atoms with E-state index in [2.05, 4.69) is 4.98 Å². The molecule has 4 heteroatoms. The molecule has 3 aromatic carbocycles. The van der Waals surface area contributed by atoms with Crippen LogP contribution in [0.15, 0.2) is 78.9 Å². The number of hydrogen-bond donors (Lipinski definition) is 1. The highest BCUT2D eigenvalue weighted by molar-refractivity contribution is 5.76. The van der Waals surface area contributed by atoms with Crippen molar-refractivity contribution in [1.82, 2.24) is 9.55 Å². The molecule has 4 rings (SSSR count). The number of aliphatic hydroxyl groups excluding tert-OH is 1. The zero-order valence-corrected chi connectivity index (χ0v) is 15.2. The summed E-state index contributed by atoms with van der Waals surface area (Å²) in [6.45, 7) is 3.14. The Morgan fingerprint density at radius 1 is 0.926 bits per heavy atom. The molecular formula is C23H22N2O2. The summed E-state index contributed by atoms with van der Waals surface area (Å²) >= 11 is 0. The Hall–Kier alpha value is -3.11. The first-order valence-corrected chi connectivity index (χ1v) is 9.10. The lowest BCUT2D eigenvalue weighted by Gasteiger charge is -2.15. The standard InChI is InChI=1S/C23H22N2O2/c1-17-9-5-8-14-21(17)27-16-15-25-20-13-7-6-12-19(20)24-23(25)22(26)18-10-3-2-4-11-18/h2-14,22,26H,15-16H2,1H3/t22-/m1/s1. The van der Waals surface area contributed by atoms with E-state index in [0.29, 0.717) is 19.0 Å².